The summed E-state index contributed by atoms with van der Waals surface area (Å²) in [4.78, 5) is 12.9. The van der Waals surface area contributed by atoms with E-state index in [2.05, 4.69) is 21.4 Å². The van der Waals surface area contributed by atoms with Crippen LogP contribution in [0.2, 0.25) is 0 Å². The molecule has 1 aromatic heterocycles. The molecule has 1 heterocycles. The van der Waals surface area contributed by atoms with Gasteiger partial charge in [0, 0.05) is 22.8 Å². The average Bonchev–Trinajstić information content (AvgIpc) is 2.93. The van der Waals surface area contributed by atoms with Gasteiger partial charge in [0.25, 0.3) is 0 Å². The van der Waals surface area contributed by atoms with E-state index in [0.29, 0.717) is 17.1 Å². The van der Waals surface area contributed by atoms with Crippen molar-refractivity contribution >= 4 is 28.8 Å². The molecular weight excluding hydrogens is 274 g/mol. The third-order valence-corrected chi connectivity index (χ3v) is 3.52. The van der Waals surface area contributed by atoms with Gasteiger partial charge in [0.05, 0.1) is 7.11 Å². The number of nitriles is 1. The van der Waals surface area contributed by atoms with Crippen molar-refractivity contribution < 1.29 is 9.53 Å². The van der Waals surface area contributed by atoms with Gasteiger partial charge in [0.1, 0.15) is 10.9 Å². The number of amides is 1. The fourth-order valence-electron chi connectivity index (χ4n) is 1.60. The Kier molecular flexibility index (Phi) is 4.58. The van der Waals surface area contributed by atoms with Crippen LogP contribution < -0.4 is 10.6 Å². The molecule has 2 aromatic rings. The number of carbonyl (C=O) groups is 1. The summed E-state index contributed by atoms with van der Waals surface area (Å²) in [5.74, 6) is 0. The number of nitrogens with one attached hydrogen (secondary N) is 2. The Balaban J connectivity index is 1.97. The van der Waals surface area contributed by atoms with Crippen LogP contribution in [0.25, 0.3) is 0 Å². The zero-order valence-electron chi connectivity index (χ0n) is 10.8. The molecule has 2 rings (SSSR count). The van der Waals surface area contributed by atoms with Crippen LogP contribution in [-0.2, 0) is 11.3 Å². The van der Waals surface area contributed by atoms with Crippen molar-refractivity contribution in [1.82, 2.24) is 0 Å². The van der Waals surface area contributed by atoms with E-state index in [9.17, 15) is 4.79 Å². The van der Waals surface area contributed by atoms with Crippen molar-refractivity contribution in [1.29, 1.82) is 5.26 Å². The van der Waals surface area contributed by atoms with Gasteiger partial charge in [-0.05, 0) is 30.3 Å². The van der Waals surface area contributed by atoms with Gasteiger partial charge in [0.15, 0.2) is 0 Å². The van der Waals surface area contributed by atoms with Gasteiger partial charge in [-0.3, -0.25) is 5.32 Å². The molecule has 0 spiro atoms. The summed E-state index contributed by atoms with van der Waals surface area (Å²) in [5.41, 5.74) is 1.54. The van der Waals surface area contributed by atoms with Crippen molar-refractivity contribution in [3.8, 4) is 6.07 Å². The van der Waals surface area contributed by atoms with Crippen LogP contribution in [0.3, 0.4) is 0 Å². The van der Waals surface area contributed by atoms with Crippen LogP contribution in [-0.4, -0.2) is 13.2 Å². The smallest absolute Gasteiger partial charge is 0.411 e. The van der Waals surface area contributed by atoms with Crippen LogP contribution in [0.15, 0.2) is 36.4 Å². The zero-order chi connectivity index (χ0) is 14.4. The van der Waals surface area contributed by atoms with Crippen molar-refractivity contribution in [3.05, 3.63) is 46.2 Å². The van der Waals surface area contributed by atoms with Crippen LogP contribution in [0.4, 0.5) is 16.2 Å². The highest BCUT2D eigenvalue weighted by atomic mass is 32.1. The van der Waals surface area contributed by atoms with Crippen LogP contribution in [0.5, 0.6) is 0 Å². The lowest BCUT2D eigenvalue weighted by molar-refractivity contribution is 0.187. The lowest BCUT2D eigenvalue weighted by Gasteiger charge is -2.08. The Bertz CT molecular complexity index is 646. The molecule has 0 unspecified atom stereocenters. The second kappa shape index (κ2) is 6.59. The quantitative estimate of drug-likeness (QED) is 0.903. The van der Waals surface area contributed by atoms with Gasteiger partial charge in [-0.25, -0.2) is 4.79 Å². The third-order valence-electron chi connectivity index (χ3n) is 2.53. The summed E-state index contributed by atoms with van der Waals surface area (Å²) in [6.07, 6.45) is -0.501. The first-order chi connectivity index (χ1) is 9.71. The first kappa shape index (κ1) is 13.9. The maximum Gasteiger partial charge on any atom is 0.411 e. The Labute approximate surface area is 120 Å². The number of carbonyl (C=O) groups excluding carboxylic acids is 1. The predicted octanol–water partition coefficient (Wildman–Crippen LogP) is 3.41. The van der Waals surface area contributed by atoms with E-state index in [1.165, 1.54) is 18.4 Å². The number of hydrogen-bond acceptors (Lipinski definition) is 5. The van der Waals surface area contributed by atoms with E-state index < -0.39 is 6.09 Å². The van der Waals surface area contributed by atoms with E-state index in [1.54, 1.807) is 12.1 Å². The monoisotopic (exact) mass is 287 g/mol. The lowest BCUT2D eigenvalue weighted by atomic mass is 10.2. The molecule has 0 saturated heterocycles. The maximum atomic E-state index is 11.1. The van der Waals surface area contributed by atoms with Crippen molar-refractivity contribution in [3.63, 3.8) is 0 Å². The fraction of sp³-hybridized carbons (Fsp3) is 0.143. The molecule has 20 heavy (non-hydrogen) atoms. The number of ether oxygens (including phenoxy) is 1. The molecule has 0 aliphatic heterocycles. The number of anilines is 2. The number of benzene rings is 1. The van der Waals surface area contributed by atoms with E-state index in [4.69, 9.17) is 5.26 Å². The number of rotatable bonds is 4. The van der Waals surface area contributed by atoms with Gasteiger partial charge >= 0.3 is 6.09 Å². The molecule has 1 amide bonds. The largest absolute Gasteiger partial charge is 0.453 e. The van der Waals surface area contributed by atoms with Gasteiger partial charge in [-0.1, -0.05) is 6.07 Å². The second-order valence-electron chi connectivity index (χ2n) is 3.93. The molecule has 1 aromatic carbocycles. The highest BCUT2D eigenvalue weighted by Gasteiger charge is 2.02. The number of hydrogen-bond donors (Lipinski definition) is 2. The molecule has 0 aliphatic rings. The van der Waals surface area contributed by atoms with E-state index in [-0.39, 0.29) is 0 Å². The predicted molar refractivity (Wildman–Crippen MR) is 78.8 cm³/mol. The minimum Gasteiger partial charge on any atom is -0.453 e. The summed E-state index contributed by atoms with van der Waals surface area (Å²) in [5, 5.41) is 14.6. The zero-order valence-corrected chi connectivity index (χ0v) is 11.7. The molecule has 0 radical (unpaired) electrons. The van der Waals surface area contributed by atoms with Gasteiger partial charge in [0.2, 0.25) is 0 Å². The van der Waals surface area contributed by atoms with Gasteiger partial charge in [-0.15, -0.1) is 11.3 Å². The maximum absolute atomic E-state index is 11.1. The summed E-state index contributed by atoms with van der Waals surface area (Å²) < 4.78 is 4.54. The topological polar surface area (TPSA) is 74.2 Å². The molecule has 0 aliphatic carbocycles. The number of methoxy groups -OCH3 is 1. The van der Waals surface area contributed by atoms with Crippen LogP contribution >= 0.6 is 11.3 Å². The standard InChI is InChI=1S/C14H13N3O2S/c1-19-14(18)17-11-4-2-3-10(7-11)16-9-13-6-5-12(8-15)20-13/h2-7,16H,9H2,1H3,(H,17,18). The van der Waals surface area contributed by atoms with E-state index >= 15 is 0 Å². The summed E-state index contributed by atoms with van der Waals surface area (Å²) in [6.45, 7) is 0.633. The number of thiophene rings is 1. The molecular formula is C14H13N3O2S. The minimum absolute atomic E-state index is 0.501. The second-order valence-corrected chi connectivity index (χ2v) is 5.10. The van der Waals surface area contributed by atoms with Gasteiger partial charge < -0.3 is 10.1 Å². The van der Waals surface area contributed by atoms with Gasteiger partial charge in [-0.2, -0.15) is 5.26 Å². The summed E-state index contributed by atoms with van der Waals surface area (Å²) in [6, 6.07) is 13.2. The van der Waals surface area contributed by atoms with Crippen LogP contribution in [0.1, 0.15) is 9.75 Å². The molecule has 6 heteroatoms. The normalized spacial score (nSPS) is 9.60. The van der Waals surface area contributed by atoms with Crippen molar-refractivity contribution in [2.75, 3.05) is 17.7 Å². The van der Waals surface area contributed by atoms with Crippen molar-refractivity contribution in [2.45, 2.75) is 6.54 Å². The SMILES string of the molecule is COC(=O)Nc1cccc(NCc2ccc(C#N)s2)c1. The summed E-state index contributed by atoms with van der Waals surface area (Å²) >= 11 is 1.46. The Hall–Kier alpha value is -2.52. The van der Waals surface area contributed by atoms with Crippen molar-refractivity contribution in [2.24, 2.45) is 0 Å². The molecule has 0 bridgehead atoms. The lowest BCUT2D eigenvalue weighted by Crippen LogP contribution is -2.11. The highest BCUT2D eigenvalue weighted by molar-refractivity contribution is 7.12. The molecule has 0 fully saturated rings. The molecule has 0 atom stereocenters. The van der Waals surface area contributed by atoms with E-state index in [0.717, 1.165) is 10.6 Å². The summed E-state index contributed by atoms with van der Waals surface area (Å²) in [7, 11) is 1.32. The Morgan fingerprint density at radius 3 is 2.85 bits per heavy atom. The fourth-order valence-corrected chi connectivity index (χ4v) is 2.34. The molecule has 0 saturated carbocycles. The molecule has 2 N–H and O–H groups in total. The Morgan fingerprint density at radius 1 is 1.35 bits per heavy atom. The highest BCUT2D eigenvalue weighted by Crippen LogP contribution is 2.19. The van der Waals surface area contributed by atoms with E-state index in [1.807, 2.05) is 24.3 Å². The average molecular weight is 287 g/mol. The number of nitrogens with zero attached hydrogens (tertiary/aromatic N) is 1. The first-order valence-electron chi connectivity index (χ1n) is 5.89. The Morgan fingerprint density at radius 2 is 2.15 bits per heavy atom. The first-order valence-corrected chi connectivity index (χ1v) is 6.70. The molecule has 5 nitrogen and oxygen atoms in total. The van der Waals surface area contributed by atoms with Crippen LogP contribution in [0, 0.1) is 11.3 Å². The third kappa shape index (κ3) is 3.73. The minimum atomic E-state index is -0.501. The molecule has 102 valence electrons.